The van der Waals surface area contributed by atoms with Crippen LogP contribution in [-0.4, -0.2) is 52.0 Å². The molecule has 3 heterocycles. The van der Waals surface area contributed by atoms with Gasteiger partial charge in [-0.3, -0.25) is 9.69 Å². The normalized spacial score (nSPS) is 19.3. The van der Waals surface area contributed by atoms with Crippen LogP contribution in [0.1, 0.15) is 60.3 Å². The highest BCUT2D eigenvalue weighted by molar-refractivity contribution is 5.91. The number of likely N-dealkylation sites (tertiary alicyclic amines) is 1. The smallest absolute Gasteiger partial charge is 0.273 e. The maximum Gasteiger partial charge on any atom is 0.273 e. The largest absolute Gasteiger partial charge is 0.347 e. The van der Waals surface area contributed by atoms with Gasteiger partial charge >= 0.3 is 0 Å². The Balaban J connectivity index is 1.25. The van der Waals surface area contributed by atoms with E-state index >= 15 is 0 Å². The quantitative estimate of drug-likeness (QED) is 0.784. The van der Waals surface area contributed by atoms with E-state index in [2.05, 4.69) is 57.0 Å². The number of carbonyl (C=O) groups excluding carboxylic acids is 1. The first kappa shape index (κ1) is 20.0. The van der Waals surface area contributed by atoms with Crippen LogP contribution in [0, 0.1) is 5.92 Å². The number of benzene rings is 1. The lowest BCUT2D eigenvalue weighted by molar-refractivity contribution is 0.0946. The molecule has 2 aliphatic heterocycles. The van der Waals surface area contributed by atoms with E-state index in [-0.39, 0.29) is 5.91 Å². The molecule has 4 rings (SSSR count). The minimum atomic E-state index is -0.170. The van der Waals surface area contributed by atoms with Crippen LogP contribution in [0.4, 0.5) is 0 Å². The molecule has 2 aliphatic rings. The third-order valence-electron chi connectivity index (χ3n) is 6.18. The summed E-state index contributed by atoms with van der Waals surface area (Å²) in [7, 11) is 0. The van der Waals surface area contributed by atoms with Crippen LogP contribution < -0.4 is 10.6 Å². The summed E-state index contributed by atoms with van der Waals surface area (Å²) in [5.41, 5.74) is 2.82. The predicted molar refractivity (Wildman–Crippen MR) is 112 cm³/mol. The SMILES string of the molecule is CC1CCN(Cc2ccc(CNC(=O)c3cn(C4CCNCC4)nn3)cc2)CC1. The van der Waals surface area contributed by atoms with Gasteiger partial charge in [-0.15, -0.1) is 5.10 Å². The highest BCUT2D eigenvalue weighted by Crippen LogP contribution is 2.19. The first-order valence-corrected chi connectivity index (χ1v) is 10.9. The van der Waals surface area contributed by atoms with E-state index in [0.29, 0.717) is 18.3 Å². The molecule has 0 bridgehead atoms. The fourth-order valence-electron chi connectivity index (χ4n) is 4.14. The zero-order valence-corrected chi connectivity index (χ0v) is 17.3. The lowest BCUT2D eigenvalue weighted by atomic mass is 9.99. The Morgan fingerprint density at radius 3 is 2.52 bits per heavy atom. The molecule has 7 nitrogen and oxygen atoms in total. The summed E-state index contributed by atoms with van der Waals surface area (Å²) in [6, 6.07) is 8.89. The first-order valence-electron chi connectivity index (χ1n) is 10.9. The molecule has 2 saturated heterocycles. The maximum absolute atomic E-state index is 12.4. The van der Waals surface area contributed by atoms with E-state index in [0.717, 1.165) is 44.0 Å². The van der Waals surface area contributed by atoms with Crippen molar-refractivity contribution in [3.8, 4) is 0 Å². The van der Waals surface area contributed by atoms with Gasteiger partial charge in [0.25, 0.3) is 5.91 Å². The number of nitrogens with one attached hydrogen (secondary N) is 2. The third kappa shape index (κ3) is 5.42. The zero-order valence-electron chi connectivity index (χ0n) is 17.3. The van der Waals surface area contributed by atoms with Gasteiger partial charge in [-0.2, -0.15) is 0 Å². The van der Waals surface area contributed by atoms with E-state index in [1.807, 2.05) is 4.68 Å². The molecule has 156 valence electrons. The summed E-state index contributed by atoms with van der Waals surface area (Å²) >= 11 is 0. The lowest BCUT2D eigenvalue weighted by Gasteiger charge is -2.30. The van der Waals surface area contributed by atoms with Crippen molar-refractivity contribution in [1.29, 1.82) is 0 Å². The number of aromatic nitrogens is 3. The minimum Gasteiger partial charge on any atom is -0.347 e. The van der Waals surface area contributed by atoms with Crippen LogP contribution in [0.25, 0.3) is 0 Å². The highest BCUT2D eigenvalue weighted by atomic mass is 16.2. The molecule has 0 aliphatic carbocycles. The number of carbonyl (C=O) groups is 1. The van der Waals surface area contributed by atoms with E-state index < -0.39 is 0 Å². The second-order valence-electron chi connectivity index (χ2n) is 8.52. The van der Waals surface area contributed by atoms with Crippen molar-refractivity contribution in [3.63, 3.8) is 0 Å². The molecular weight excluding hydrogens is 364 g/mol. The summed E-state index contributed by atoms with van der Waals surface area (Å²) < 4.78 is 1.84. The molecule has 0 unspecified atom stereocenters. The lowest BCUT2D eigenvalue weighted by Crippen LogP contribution is -2.32. The zero-order chi connectivity index (χ0) is 20.1. The van der Waals surface area contributed by atoms with Crippen molar-refractivity contribution in [2.45, 2.75) is 51.7 Å². The average Bonchev–Trinajstić information content (AvgIpc) is 3.26. The Hall–Kier alpha value is -2.25. The van der Waals surface area contributed by atoms with E-state index in [1.165, 1.54) is 31.5 Å². The van der Waals surface area contributed by atoms with Crippen LogP contribution in [0.2, 0.25) is 0 Å². The number of piperidine rings is 2. The Morgan fingerprint density at radius 2 is 1.79 bits per heavy atom. The minimum absolute atomic E-state index is 0.170. The van der Waals surface area contributed by atoms with Crippen LogP contribution in [0.5, 0.6) is 0 Å². The molecule has 7 heteroatoms. The van der Waals surface area contributed by atoms with Gasteiger partial charge in [-0.25, -0.2) is 4.68 Å². The number of amides is 1. The molecule has 1 aromatic carbocycles. The van der Waals surface area contributed by atoms with Gasteiger partial charge < -0.3 is 10.6 Å². The predicted octanol–water partition coefficient (Wildman–Crippen LogP) is 2.36. The molecule has 29 heavy (non-hydrogen) atoms. The molecule has 1 aromatic heterocycles. The summed E-state index contributed by atoms with van der Waals surface area (Å²) in [6.07, 6.45) is 6.41. The molecule has 0 saturated carbocycles. The number of nitrogens with zero attached hydrogens (tertiary/aromatic N) is 4. The van der Waals surface area contributed by atoms with Gasteiger partial charge in [0.15, 0.2) is 5.69 Å². The monoisotopic (exact) mass is 396 g/mol. The van der Waals surface area contributed by atoms with E-state index in [9.17, 15) is 4.79 Å². The highest BCUT2D eigenvalue weighted by Gasteiger charge is 2.19. The third-order valence-corrected chi connectivity index (χ3v) is 6.18. The molecule has 0 spiro atoms. The molecular formula is C22H32N6O. The Bertz CT molecular complexity index is 788. The summed E-state index contributed by atoms with van der Waals surface area (Å²) in [5, 5.41) is 14.5. The van der Waals surface area contributed by atoms with E-state index in [4.69, 9.17) is 0 Å². The van der Waals surface area contributed by atoms with Crippen LogP contribution in [0.15, 0.2) is 30.5 Å². The van der Waals surface area contributed by atoms with Crippen molar-refractivity contribution in [2.75, 3.05) is 26.2 Å². The van der Waals surface area contributed by atoms with Crippen molar-refractivity contribution < 1.29 is 4.79 Å². The van der Waals surface area contributed by atoms with Crippen LogP contribution in [0.3, 0.4) is 0 Å². The average molecular weight is 397 g/mol. The number of hydrogen-bond acceptors (Lipinski definition) is 5. The Morgan fingerprint density at radius 1 is 1.10 bits per heavy atom. The van der Waals surface area contributed by atoms with Gasteiger partial charge in [0.2, 0.25) is 0 Å². The second kappa shape index (κ2) is 9.50. The van der Waals surface area contributed by atoms with E-state index in [1.54, 1.807) is 6.20 Å². The van der Waals surface area contributed by atoms with Crippen molar-refractivity contribution in [3.05, 3.63) is 47.3 Å². The summed E-state index contributed by atoms with van der Waals surface area (Å²) in [5.74, 6) is 0.690. The van der Waals surface area contributed by atoms with Gasteiger partial charge in [0, 0.05) is 13.1 Å². The maximum atomic E-state index is 12.4. The topological polar surface area (TPSA) is 75.1 Å². The molecule has 0 radical (unpaired) electrons. The Labute approximate surface area is 172 Å². The van der Waals surface area contributed by atoms with Gasteiger partial charge in [-0.1, -0.05) is 36.4 Å². The fraction of sp³-hybridized carbons (Fsp3) is 0.591. The number of rotatable bonds is 6. The van der Waals surface area contributed by atoms with Crippen molar-refractivity contribution in [1.82, 2.24) is 30.5 Å². The molecule has 2 N–H and O–H groups in total. The van der Waals surface area contributed by atoms with Crippen LogP contribution >= 0.6 is 0 Å². The van der Waals surface area contributed by atoms with Crippen LogP contribution in [-0.2, 0) is 13.1 Å². The summed E-state index contributed by atoms with van der Waals surface area (Å²) in [6.45, 7) is 8.21. The fourth-order valence-corrected chi connectivity index (χ4v) is 4.14. The second-order valence-corrected chi connectivity index (χ2v) is 8.52. The molecule has 2 aromatic rings. The van der Waals surface area contributed by atoms with Crippen molar-refractivity contribution >= 4 is 5.91 Å². The van der Waals surface area contributed by atoms with Gasteiger partial charge in [0.05, 0.1) is 12.2 Å². The molecule has 2 fully saturated rings. The molecule has 0 atom stereocenters. The number of hydrogen-bond donors (Lipinski definition) is 2. The molecule has 1 amide bonds. The van der Waals surface area contributed by atoms with Crippen molar-refractivity contribution in [2.24, 2.45) is 5.92 Å². The Kier molecular flexibility index (Phi) is 6.56. The summed E-state index contributed by atoms with van der Waals surface area (Å²) in [4.78, 5) is 15.0. The van der Waals surface area contributed by atoms with Gasteiger partial charge in [-0.05, 0) is 68.9 Å². The standard InChI is InChI=1S/C22H32N6O/c1-17-8-12-27(13-9-17)15-19-4-2-18(3-5-19)14-24-22(29)21-16-28(26-25-21)20-6-10-23-11-7-20/h2-5,16-17,20,23H,6-15H2,1H3,(H,24,29). The van der Waals surface area contributed by atoms with Gasteiger partial charge in [0.1, 0.15) is 0 Å². The first-order chi connectivity index (χ1) is 14.2.